The molecule has 1 unspecified atom stereocenters. The Balaban J connectivity index is 2.78. The first-order valence-corrected chi connectivity index (χ1v) is 4.85. The first-order valence-electron chi connectivity index (χ1n) is 4.85. The van der Waals surface area contributed by atoms with Crippen molar-refractivity contribution in [1.82, 2.24) is 0 Å². The quantitative estimate of drug-likeness (QED) is 0.593. The van der Waals surface area contributed by atoms with Crippen LogP contribution in [0, 0.1) is 10.1 Å². The lowest BCUT2D eigenvalue weighted by molar-refractivity contribution is -0.384. The predicted octanol–water partition coefficient (Wildman–Crippen LogP) is 1.27. The molecule has 0 aliphatic rings. The van der Waals surface area contributed by atoms with Gasteiger partial charge in [0, 0.05) is 17.8 Å². The van der Waals surface area contributed by atoms with E-state index in [-0.39, 0.29) is 11.6 Å². The van der Waals surface area contributed by atoms with E-state index in [4.69, 9.17) is 5.73 Å². The Morgan fingerprint density at radius 3 is 2.88 bits per heavy atom. The molecule has 0 saturated heterocycles. The lowest BCUT2D eigenvalue weighted by Gasteiger charge is -2.09. The van der Waals surface area contributed by atoms with Crippen molar-refractivity contribution in [2.45, 2.75) is 19.4 Å². The number of rotatable bonds is 4. The molecule has 0 heterocycles. The number of nitro benzene ring substituents is 1. The van der Waals surface area contributed by atoms with E-state index >= 15 is 0 Å². The number of hydrogen-bond donors (Lipinski definition) is 2. The van der Waals surface area contributed by atoms with Gasteiger partial charge in [0.05, 0.1) is 11.0 Å². The zero-order valence-corrected chi connectivity index (χ0v) is 8.84. The van der Waals surface area contributed by atoms with Gasteiger partial charge >= 0.3 is 0 Å². The van der Waals surface area contributed by atoms with E-state index in [9.17, 15) is 14.9 Å². The van der Waals surface area contributed by atoms with Crippen molar-refractivity contribution in [3.05, 3.63) is 34.4 Å². The highest BCUT2D eigenvalue weighted by Gasteiger charge is 2.12. The molecule has 0 aliphatic carbocycles. The van der Waals surface area contributed by atoms with Crippen LogP contribution in [0.25, 0.3) is 0 Å². The van der Waals surface area contributed by atoms with Gasteiger partial charge < -0.3 is 11.1 Å². The molecule has 1 rings (SSSR count). The van der Waals surface area contributed by atoms with Gasteiger partial charge in [0.25, 0.3) is 5.69 Å². The largest absolute Gasteiger partial charge is 0.324 e. The molecule has 16 heavy (non-hydrogen) atoms. The molecule has 0 aromatic heterocycles. The molecular weight excluding hydrogens is 210 g/mol. The highest BCUT2D eigenvalue weighted by atomic mass is 16.6. The number of carbonyl (C=O) groups excluding carboxylic acids is 1. The second kappa shape index (κ2) is 5.22. The number of nitrogens with two attached hydrogens (primary N) is 1. The van der Waals surface area contributed by atoms with E-state index in [1.807, 2.05) is 0 Å². The lowest BCUT2D eigenvalue weighted by atomic mass is 10.2. The molecule has 6 nitrogen and oxygen atoms in total. The van der Waals surface area contributed by atoms with Crippen molar-refractivity contribution in [3.8, 4) is 0 Å². The van der Waals surface area contributed by atoms with Crippen LogP contribution in [0.2, 0.25) is 0 Å². The maximum atomic E-state index is 11.4. The summed E-state index contributed by atoms with van der Waals surface area (Å²) in [5, 5.41) is 13.0. The number of nitrogens with zero attached hydrogens (tertiary/aromatic N) is 1. The minimum Gasteiger partial charge on any atom is -0.324 e. The summed E-state index contributed by atoms with van der Waals surface area (Å²) < 4.78 is 0. The maximum Gasteiger partial charge on any atom is 0.271 e. The molecule has 86 valence electrons. The van der Waals surface area contributed by atoms with Crippen LogP contribution in [0.4, 0.5) is 11.4 Å². The van der Waals surface area contributed by atoms with E-state index in [0.29, 0.717) is 12.1 Å². The summed E-state index contributed by atoms with van der Waals surface area (Å²) >= 11 is 0. The Kier molecular flexibility index (Phi) is 3.96. The normalized spacial score (nSPS) is 11.9. The minimum atomic E-state index is -0.598. The summed E-state index contributed by atoms with van der Waals surface area (Å²) in [5.41, 5.74) is 5.83. The lowest BCUT2D eigenvalue weighted by Crippen LogP contribution is -2.34. The molecule has 0 fully saturated rings. The zero-order valence-electron chi connectivity index (χ0n) is 8.84. The summed E-state index contributed by atoms with van der Waals surface area (Å²) in [4.78, 5) is 21.4. The van der Waals surface area contributed by atoms with Crippen LogP contribution in [0.5, 0.6) is 0 Å². The van der Waals surface area contributed by atoms with E-state index in [1.54, 1.807) is 13.0 Å². The number of anilines is 1. The van der Waals surface area contributed by atoms with Crippen molar-refractivity contribution >= 4 is 17.3 Å². The van der Waals surface area contributed by atoms with Gasteiger partial charge in [-0.2, -0.15) is 0 Å². The maximum absolute atomic E-state index is 11.4. The second-order valence-corrected chi connectivity index (χ2v) is 3.31. The fraction of sp³-hybridized carbons (Fsp3) is 0.300. The molecule has 0 bridgehead atoms. The summed E-state index contributed by atoms with van der Waals surface area (Å²) in [6.45, 7) is 1.79. The van der Waals surface area contributed by atoms with Crippen LogP contribution < -0.4 is 11.1 Å². The number of carbonyl (C=O) groups is 1. The molecule has 1 aromatic carbocycles. The smallest absolute Gasteiger partial charge is 0.271 e. The predicted molar refractivity (Wildman–Crippen MR) is 60.0 cm³/mol. The van der Waals surface area contributed by atoms with Gasteiger partial charge in [-0.3, -0.25) is 14.9 Å². The number of non-ortho nitro benzene ring substituents is 1. The SMILES string of the molecule is CCC(N)C(=O)Nc1cccc([N+](=O)[O-])c1. The Morgan fingerprint density at radius 2 is 2.31 bits per heavy atom. The number of benzene rings is 1. The number of nitrogens with one attached hydrogen (secondary N) is 1. The summed E-state index contributed by atoms with van der Waals surface area (Å²) in [6, 6.07) is 5.13. The third-order valence-corrected chi connectivity index (χ3v) is 2.10. The first kappa shape index (κ1) is 12.1. The Morgan fingerprint density at radius 1 is 1.62 bits per heavy atom. The molecule has 0 spiro atoms. The highest BCUT2D eigenvalue weighted by molar-refractivity contribution is 5.94. The molecule has 3 N–H and O–H groups in total. The van der Waals surface area contributed by atoms with Crippen LogP contribution in [0.3, 0.4) is 0 Å². The van der Waals surface area contributed by atoms with E-state index in [1.165, 1.54) is 18.2 Å². The van der Waals surface area contributed by atoms with Crippen LogP contribution in [0.15, 0.2) is 24.3 Å². The van der Waals surface area contributed by atoms with Gasteiger partial charge in [0.15, 0.2) is 0 Å². The summed E-state index contributed by atoms with van der Waals surface area (Å²) in [6.07, 6.45) is 0.515. The molecule has 6 heteroatoms. The standard InChI is InChI=1S/C10H13N3O3/c1-2-9(11)10(14)12-7-4-3-5-8(6-7)13(15)16/h3-6,9H,2,11H2,1H3,(H,12,14). The van der Waals surface area contributed by atoms with Gasteiger partial charge in [0.2, 0.25) is 5.91 Å². The van der Waals surface area contributed by atoms with Crippen LogP contribution in [-0.2, 0) is 4.79 Å². The highest BCUT2D eigenvalue weighted by Crippen LogP contribution is 2.17. The molecular formula is C10H13N3O3. The van der Waals surface area contributed by atoms with Crippen LogP contribution in [0.1, 0.15) is 13.3 Å². The third kappa shape index (κ3) is 3.03. The van der Waals surface area contributed by atoms with E-state index in [0.717, 1.165) is 0 Å². The van der Waals surface area contributed by atoms with Gasteiger partial charge in [-0.05, 0) is 12.5 Å². The van der Waals surface area contributed by atoms with Crippen molar-refractivity contribution in [2.75, 3.05) is 5.32 Å². The molecule has 0 radical (unpaired) electrons. The average Bonchev–Trinajstić information content (AvgIpc) is 2.28. The molecule has 1 atom stereocenters. The summed E-state index contributed by atoms with van der Waals surface area (Å²) in [5.74, 6) is -0.344. The van der Waals surface area contributed by atoms with Crippen LogP contribution in [-0.4, -0.2) is 16.9 Å². The number of nitro groups is 1. The summed E-state index contributed by atoms with van der Waals surface area (Å²) in [7, 11) is 0. The third-order valence-electron chi connectivity index (χ3n) is 2.10. The van der Waals surface area contributed by atoms with Crippen molar-refractivity contribution < 1.29 is 9.72 Å². The van der Waals surface area contributed by atoms with Gasteiger partial charge in [0.1, 0.15) is 0 Å². The Labute approximate surface area is 92.6 Å². The zero-order chi connectivity index (χ0) is 12.1. The van der Waals surface area contributed by atoms with Gasteiger partial charge in [-0.15, -0.1) is 0 Å². The molecule has 0 aliphatic heterocycles. The molecule has 0 saturated carbocycles. The molecule has 1 aromatic rings. The van der Waals surface area contributed by atoms with E-state index < -0.39 is 11.0 Å². The Bertz CT molecular complexity index is 406. The van der Waals surface area contributed by atoms with Gasteiger partial charge in [-0.25, -0.2) is 0 Å². The monoisotopic (exact) mass is 223 g/mol. The van der Waals surface area contributed by atoms with Crippen LogP contribution >= 0.6 is 0 Å². The Hall–Kier alpha value is -1.95. The topological polar surface area (TPSA) is 98.3 Å². The van der Waals surface area contributed by atoms with Crippen molar-refractivity contribution in [2.24, 2.45) is 5.73 Å². The van der Waals surface area contributed by atoms with E-state index in [2.05, 4.69) is 5.32 Å². The average molecular weight is 223 g/mol. The van der Waals surface area contributed by atoms with Crippen molar-refractivity contribution in [3.63, 3.8) is 0 Å². The minimum absolute atomic E-state index is 0.0668. The molecule has 1 amide bonds. The fourth-order valence-corrected chi connectivity index (χ4v) is 1.12. The number of amides is 1. The first-order chi connectivity index (χ1) is 7.54. The van der Waals surface area contributed by atoms with Gasteiger partial charge in [-0.1, -0.05) is 13.0 Å². The fourth-order valence-electron chi connectivity index (χ4n) is 1.12. The van der Waals surface area contributed by atoms with Crippen molar-refractivity contribution in [1.29, 1.82) is 0 Å². The number of hydrogen-bond acceptors (Lipinski definition) is 4. The second-order valence-electron chi connectivity index (χ2n) is 3.31.